The first kappa shape index (κ1) is 74.6. The van der Waals surface area contributed by atoms with Gasteiger partial charge in [-0.2, -0.15) is 0 Å². The maximum absolute atomic E-state index is 2.93. The highest BCUT2D eigenvalue weighted by atomic mass is 15.2. The van der Waals surface area contributed by atoms with Crippen LogP contribution in [-0.4, -0.2) is 27.9 Å². The molecule has 19 aromatic rings. The maximum atomic E-state index is 2.93. The largest absolute Gasteiger partial charge is 0.365 e. The highest BCUT2D eigenvalue weighted by Crippen LogP contribution is 2.58. The van der Waals surface area contributed by atoms with Crippen molar-refractivity contribution in [3.63, 3.8) is 0 Å². The van der Waals surface area contributed by atoms with E-state index in [1.165, 1.54) is 120 Å². The number of nitrogens with zero attached hydrogens (tertiary/aromatic N) is 5. The molecule has 0 unspecified atom stereocenters. The molecule has 5 nitrogen and oxygen atoms in total. The Morgan fingerprint density at radius 2 is 0.536 bits per heavy atom. The molecule has 6 heterocycles. The fourth-order valence-electron chi connectivity index (χ4n) is 22.7. The van der Waals surface area contributed by atoms with Crippen molar-refractivity contribution < 1.29 is 0 Å². The molecule has 2 aliphatic carbocycles. The fraction of sp³-hybridized carbons (Fsp3) is 0.143. The SMILES string of the molecule is CC(C)(C)c1ccc2c(c1)c1cc(C(C)(C)C)ccc1n2-c1cc2c3c(c1)N(c1c(-c4ccccc4)cc(-c4ccccc4)cc1-c1ccccc1)c1cc(-n4c5ccc(-c6ccccc6)cc5c5cc(-c6ccccc6)ccc54)ccc1B3c1ccc(N3C4CC5CC(C4)CC3C5)cc1N2c1c(-c2ccccc2)cc(-c2ccccc2)cc1-c1ccccc1. The second-order valence-electron chi connectivity index (χ2n) is 38.0. The number of rotatable bonds is 13. The Balaban J connectivity index is 0.886. The van der Waals surface area contributed by atoms with Crippen LogP contribution in [0.15, 0.2) is 388 Å². The zero-order valence-corrected chi connectivity index (χ0v) is 71.6. The minimum Gasteiger partial charge on any atom is -0.365 e. The van der Waals surface area contributed by atoms with E-state index in [0.29, 0.717) is 12.1 Å². The minimum atomic E-state index is -0.294. The Labute approximate surface area is 733 Å². The average Bonchev–Trinajstić information content (AvgIpc) is 1.25. The van der Waals surface area contributed by atoms with Crippen molar-refractivity contribution in [1.82, 2.24) is 9.13 Å². The molecule has 0 N–H and O–H groups in total. The summed E-state index contributed by atoms with van der Waals surface area (Å²) in [4.78, 5) is 8.53. The van der Waals surface area contributed by atoms with Crippen LogP contribution in [0.1, 0.15) is 84.8 Å². The topological polar surface area (TPSA) is 19.6 Å². The lowest BCUT2D eigenvalue weighted by molar-refractivity contribution is 0.0900. The molecule has 2 saturated heterocycles. The molecule has 4 fully saturated rings. The first-order chi connectivity index (χ1) is 61.2. The molecule has 0 atom stereocenters. The van der Waals surface area contributed by atoms with E-state index < -0.39 is 0 Å². The maximum Gasteiger partial charge on any atom is 0.252 e. The Kier molecular flexibility index (Phi) is 17.5. The smallest absolute Gasteiger partial charge is 0.252 e. The molecule has 6 aliphatic rings. The Bertz CT molecular complexity index is 7150. The predicted molar refractivity (Wildman–Crippen MR) is 530 cm³/mol. The Morgan fingerprint density at radius 3 is 0.888 bits per heavy atom. The molecule has 4 aliphatic heterocycles. The molecule has 2 aromatic heterocycles. The van der Waals surface area contributed by atoms with Gasteiger partial charge in [-0.05, 0) is 258 Å². The molecule has 4 bridgehead atoms. The van der Waals surface area contributed by atoms with Gasteiger partial charge in [0.15, 0.2) is 0 Å². The molecular weight excluding hydrogens is 1510 g/mol. The van der Waals surface area contributed by atoms with Crippen LogP contribution in [0.3, 0.4) is 0 Å². The third-order valence-electron chi connectivity index (χ3n) is 28.4. The van der Waals surface area contributed by atoms with Crippen LogP contribution in [0, 0.1) is 11.8 Å². The minimum absolute atomic E-state index is 0.122. The zero-order chi connectivity index (χ0) is 83.5. The average molecular weight is 1610 g/mol. The second-order valence-corrected chi connectivity index (χ2v) is 38.0. The van der Waals surface area contributed by atoms with Gasteiger partial charge in [0.2, 0.25) is 0 Å². The van der Waals surface area contributed by atoms with Gasteiger partial charge >= 0.3 is 0 Å². The lowest BCUT2D eigenvalue weighted by Crippen LogP contribution is -2.62. The lowest BCUT2D eigenvalue weighted by atomic mass is 9.33. The standard InChI is InChI=1S/C119H96BN5/c1-118(2,3)90-49-57-109-103(70-90)104-71-91(119(4,5)6)50-58-110(104)123(109)96-74-113-115-114(75-96)125(117-99(84-43-27-13-28-44-84)68-89(81-37-21-10-22-38-81)69-100(117)85-45-29-14-30-46-85)112-73-93(122-107-55-47-86(78-31-15-7-16-32-78)64-101(107)102-65-87(48-56-108(102)122)79-33-17-8-18-34-79)52-54-106(112)120(115)105-53-51-92(121-94-60-76-59-77(62-94)63-95(121)61-76)72-111(105)124(113)116-97(82-39-23-11-24-40-82)66-88(80-35-19-9-20-36-80)67-98(116)83-41-25-12-26-42-83/h7-58,64-77,94-95H,59-63H2,1-6H3. The first-order valence-corrected chi connectivity index (χ1v) is 45.0. The predicted octanol–water partition coefficient (Wildman–Crippen LogP) is 29.7. The summed E-state index contributed by atoms with van der Waals surface area (Å²) < 4.78 is 5.23. The summed E-state index contributed by atoms with van der Waals surface area (Å²) in [6.45, 7) is 13.9. The van der Waals surface area contributed by atoms with Crippen LogP contribution in [0.5, 0.6) is 0 Å². The van der Waals surface area contributed by atoms with Crippen LogP contribution in [0.25, 0.3) is 144 Å². The monoisotopic (exact) mass is 1610 g/mol. The van der Waals surface area contributed by atoms with Gasteiger partial charge in [0.05, 0.1) is 39.1 Å². The number of fused-ring (bicyclic) bond motifs is 10. The molecule has 125 heavy (non-hydrogen) atoms. The van der Waals surface area contributed by atoms with Gasteiger partial charge in [-0.3, -0.25) is 0 Å². The van der Waals surface area contributed by atoms with E-state index >= 15 is 0 Å². The van der Waals surface area contributed by atoms with Crippen molar-refractivity contribution in [2.75, 3.05) is 14.7 Å². The molecule has 600 valence electrons. The van der Waals surface area contributed by atoms with Crippen LogP contribution in [0.4, 0.5) is 39.8 Å². The Morgan fingerprint density at radius 1 is 0.240 bits per heavy atom. The van der Waals surface area contributed by atoms with E-state index in [1.807, 2.05) is 0 Å². The number of aromatic nitrogens is 2. The number of hydrogen-bond donors (Lipinski definition) is 0. The van der Waals surface area contributed by atoms with E-state index in [-0.39, 0.29) is 17.5 Å². The third-order valence-corrected chi connectivity index (χ3v) is 28.4. The normalized spacial score (nSPS) is 16.3. The van der Waals surface area contributed by atoms with Crippen molar-refractivity contribution in [2.45, 2.75) is 96.6 Å². The van der Waals surface area contributed by atoms with Gasteiger partial charge < -0.3 is 23.8 Å². The van der Waals surface area contributed by atoms with Gasteiger partial charge in [-0.1, -0.05) is 321 Å². The van der Waals surface area contributed by atoms with Crippen molar-refractivity contribution in [3.05, 3.63) is 399 Å². The van der Waals surface area contributed by atoms with E-state index in [1.54, 1.807) is 0 Å². The molecule has 0 radical (unpaired) electrons. The van der Waals surface area contributed by atoms with Crippen molar-refractivity contribution in [3.8, 4) is 100 Å². The summed E-state index contributed by atoms with van der Waals surface area (Å²) in [5, 5.41) is 4.89. The highest BCUT2D eigenvalue weighted by Gasteiger charge is 2.50. The second kappa shape index (κ2) is 29.3. The number of hydrogen-bond acceptors (Lipinski definition) is 3. The van der Waals surface area contributed by atoms with E-state index in [2.05, 4.69) is 454 Å². The number of piperidine rings is 2. The summed E-state index contributed by atoms with van der Waals surface area (Å²) in [7, 11) is 0. The first-order valence-electron chi connectivity index (χ1n) is 45.0. The van der Waals surface area contributed by atoms with Gasteiger partial charge in [-0.15, -0.1) is 0 Å². The van der Waals surface area contributed by atoms with E-state index in [4.69, 9.17) is 0 Å². The number of anilines is 7. The molecule has 0 amide bonds. The van der Waals surface area contributed by atoms with Crippen LogP contribution in [0.2, 0.25) is 0 Å². The van der Waals surface area contributed by atoms with Crippen molar-refractivity contribution in [2.24, 2.45) is 11.8 Å². The van der Waals surface area contributed by atoms with E-state index in [0.717, 1.165) is 135 Å². The molecule has 17 aromatic carbocycles. The van der Waals surface area contributed by atoms with Crippen LogP contribution in [-0.2, 0) is 10.8 Å². The molecule has 25 rings (SSSR count). The molecule has 2 saturated carbocycles. The van der Waals surface area contributed by atoms with Crippen LogP contribution >= 0.6 is 0 Å². The summed E-state index contributed by atoms with van der Waals surface area (Å²) in [6, 6.07) is 150. The van der Waals surface area contributed by atoms with Gasteiger partial charge in [0.25, 0.3) is 6.71 Å². The summed E-state index contributed by atoms with van der Waals surface area (Å²) in [5.74, 6) is 1.56. The van der Waals surface area contributed by atoms with Gasteiger partial charge in [0.1, 0.15) is 0 Å². The van der Waals surface area contributed by atoms with E-state index in [9.17, 15) is 0 Å². The van der Waals surface area contributed by atoms with Crippen molar-refractivity contribution in [1.29, 1.82) is 0 Å². The summed E-state index contributed by atoms with van der Waals surface area (Å²) >= 11 is 0. The van der Waals surface area contributed by atoms with Gasteiger partial charge in [0, 0.05) is 90.0 Å². The Hall–Kier alpha value is -14.2. The fourth-order valence-corrected chi connectivity index (χ4v) is 22.7. The van der Waals surface area contributed by atoms with Gasteiger partial charge in [-0.25, -0.2) is 0 Å². The quantitative estimate of drug-likeness (QED) is 0.107. The third kappa shape index (κ3) is 12.5. The number of benzene rings is 17. The van der Waals surface area contributed by atoms with Crippen LogP contribution < -0.4 is 31.1 Å². The summed E-state index contributed by atoms with van der Waals surface area (Å²) in [5.41, 5.74) is 39.4. The molecule has 0 spiro atoms. The molecule has 6 heteroatoms. The lowest BCUT2D eigenvalue weighted by Gasteiger charge is -2.57. The highest BCUT2D eigenvalue weighted by molar-refractivity contribution is 7.00. The zero-order valence-electron chi connectivity index (χ0n) is 71.6. The van der Waals surface area contributed by atoms with Crippen molar-refractivity contribution >= 4 is 107 Å². The molecular formula is C119H96BN5. The summed E-state index contributed by atoms with van der Waals surface area (Å²) in [6.07, 6.45) is 6.37.